The molecule has 0 radical (unpaired) electrons. The zero-order valence-electron chi connectivity index (χ0n) is 14.0. The molecule has 1 aliphatic rings. The molecule has 2 heterocycles. The van der Waals surface area contributed by atoms with E-state index in [1.54, 1.807) is 0 Å². The van der Waals surface area contributed by atoms with Crippen molar-refractivity contribution in [3.63, 3.8) is 0 Å². The summed E-state index contributed by atoms with van der Waals surface area (Å²) in [4.78, 5) is 4.35. The van der Waals surface area contributed by atoms with Crippen molar-refractivity contribution in [3.05, 3.63) is 65.5 Å². The largest absolute Gasteiger partial charge is 0.416 e. The van der Waals surface area contributed by atoms with Crippen LogP contribution in [0.1, 0.15) is 23.0 Å². The van der Waals surface area contributed by atoms with Gasteiger partial charge in [0, 0.05) is 13.1 Å². The number of benzene rings is 2. The van der Waals surface area contributed by atoms with Crippen molar-refractivity contribution >= 4 is 11.0 Å². The summed E-state index contributed by atoms with van der Waals surface area (Å²) in [6.45, 7) is 2.18. The summed E-state index contributed by atoms with van der Waals surface area (Å²) in [5.74, 6) is 0.664. The van der Waals surface area contributed by atoms with Crippen LogP contribution in [-0.2, 0) is 24.1 Å². The monoisotopic (exact) mass is 361 g/mol. The summed E-state index contributed by atoms with van der Waals surface area (Å²) in [7, 11) is 0. The van der Waals surface area contributed by atoms with E-state index in [4.69, 9.17) is 4.74 Å². The Hall–Kier alpha value is -2.38. The van der Waals surface area contributed by atoms with E-state index in [2.05, 4.69) is 10.3 Å². The van der Waals surface area contributed by atoms with Gasteiger partial charge >= 0.3 is 6.18 Å². The molecule has 1 aliphatic heterocycles. The third-order valence-electron chi connectivity index (χ3n) is 4.55. The van der Waals surface area contributed by atoms with Crippen molar-refractivity contribution in [1.29, 1.82) is 0 Å². The molecule has 1 atom stereocenters. The molecule has 0 amide bonds. The number of ether oxygens (including phenoxy) is 1. The molecule has 3 aromatic rings. The van der Waals surface area contributed by atoms with Gasteiger partial charge in [-0.15, -0.1) is 0 Å². The van der Waals surface area contributed by atoms with Gasteiger partial charge in [0.1, 0.15) is 12.4 Å². The first-order valence-electron chi connectivity index (χ1n) is 8.43. The minimum absolute atomic E-state index is 0.0100. The van der Waals surface area contributed by atoms with Gasteiger partial charge in [-0.2, -0.15) is 13.2 Å². The van der Waals surface area contributed by atoms with Crippen molar-refractivity contribution in [3.8, 4) is 0 Å². The van der Waals surface area contributed by atoms with Crippen molar-refractivity contribution in [1.82, 2.24) is 14.9 Å². The van der Waals surface area contributed by atoms with Crippen molar-refractivity contribution in [2.75, 3.05) is 13.2 Å². The van der Waals surface area contributed by atoms with Crippen LogP contribution >= 0.6 is 0 Å². The Morgan fingerprint density at radius 1 is 1.15 bits per heavy atom. The second-order valence-corrected chi connectivity index (χ2v) is 6.38. The van der Waals surface area contributed by atoms with E-state index in [1.165, 1.54) is 11.6 Å². The van der Waals surface area contributed by atoms with Gasteiger partial charge in [-0.05, 0) is 23.8 Å². The molecule has 4 nitrogen and oxygen atoms in total. The normalized spacial score (nSPS) is 17.4. The highest BCUT2D eigenvalue weighted by atomic mass is 19.4. The molecule has 1 N–H and O–H groups in total. The summed E-state index contributed by atoms with van der Waals surface area (Å²) in [5.41, 5.74) is 1.56. The van der Waals surface area contributed by atoms with Gasteiger partial charge in [0.15, 0.2) is 0 Å². The van der Waals surface area contributed by atoms with E-state index in [0.717, 1.165) is 18.7 Å². The minimum Gasteiger partial charge on any atom is -0.371 e. The lowest BCUT2D eigenvalue weighted by Gasteiger charge is -2.26. The van der Waals surface area contributed by atoms with Gasteiger partial charge in [-0.25, -0.2) is 4.98 Å². The summed E-state index contributed by atoms with van der Waals surface area (Å²) < 4.78 is 46.4. The SMILES string of the molecule is FC(F)(F)c1ccc2c(c1)nc1n2[C@@H](CNCc2ccccc2)COC1. The fourth-order valence-corrected chi connectivity index (χ4v) is 3.32. The topological polar surface area (TPSA) is 39.1 Å². The van der Waals surface area contributed by atoms with Crippen LogP contribution in [0.4, 0.5) is 13.2 Å². The van der Waals surface area contributed by atoms with E-state index < -0.39 is 11.7 Å². The standard InChI is InChI=1S/C19H18F3N3O/c20-19(21,22)14-6-7-17-16(8-14)24-18-12-26-11-15(25(17)18)10-23-9-13-4-2-1-3-5-13/h1-8,15,23H,9-12H2/t15-/m0/s1. The molecule has 0 aliphatic carbocycles. The minimum atomic E-state index is -4.37. The molecular formula is C19H18F3N3O. The van der Waals surface area contributed by atoms with E-state index in [0.29, 0.717) is 36.6 Å². The van der Waals surface area contributed by atoms with Crippen LogP contribution < -0.4 is 5.32 Å². The first-order valence-corrected chi connectivity index (χ1v) is 8.43. The average molecular weight is 361 g/mol. The number of nitrogens with zero attached hydrogens (tertiary/aromatic N) is 2. The molecular weight excluding hydrogens is 343 g/mol. The molecule has 4 rings (SSSR count). The average Bonchev–Trinajstić information content (AvgIpc) is 3.00. The Morgan fingerprint density at radius 3 is 2.73 bits per heavy atom. The Morgan fingerprint density at radius 2 is 1.96 bits per heavy atom. The Bertz CT molecular complexity index is 906. The van der Waals surface area contributed by atoms with E-state index in [-0.39, 0.29) is 6.04 Å². The fraction of sp³-hybridized carbons (Fsp3) is 0.316. The summed E-state index contributed by atoms with van der Waals surface area (Å²) in [6, 6.07) is 13.7. The molecule has 0 fully saturated rings. The first-order chi connectivity index (χ1) is 12.5. The van der Waals surface area contributed by atoms with Gasteiger partial charge in [0.05, 0.1) is 29.2 Å². The molecule has 2 aromatic carbocycles. The fourth-order valence-electron chi connectivity index (χ4n) is 3.32. The van der Waals surface area contributed by atoms with Crippen LogP contribution in [0.15, 0.2) is 48.5 Å². The Labute approximate surface area is 148 Å². The zero-order valence-corrected chi connectivity index (χ0v) is 14.0. The molecule has 0 saturated heterocycles. The molecule has 0 spiro atoms. The summed E-state index contributed by atoms with van der Waals surface area (Å²) in [5, 5.41) is 3.39. The summed E-state index contributed by atoms with van der Waals surface area (Å²) >= 11 is 0. The first kappa shape index (κ1) is 17.1. The number of aromatic nitrogens is 2. The number of nitrogens with one attached hydrogen (secondary N) is 1. The van der Waals surface area contributed by atoms with Crippen LogP contribution in [0, 0.1) is 0 Å². The number of hydrogen-bond donors (Lipinski definition) is 1. The van der Waals surface area contributed by atoms with Gasteiger partial charge < -0.3 is 14.6 Å². The Balaban J connectivity index is 1.57. The lowest BCUT2D eigenvalue weighted by atomic mass is 10.1. The molecule has 1 aromatic heterocycles. The van der Waals surface area contributed by atoms with E-state index >= 15 is 0 Å². The maximum atomic E-state index is 12.9. The lowest BCUT2D eigenvalue weighted by molar-refractivity contribution is -0.137. The van der Waals surface area contributed by atoms with Crippen LogP contribution in [0.3, 0.4) is 0 Å². The lowest BCUT2D eigenvalue weighted by Crippen LogP contribution is -2.32. The van der Waals surface area contributed by atoms with Crippen LogP contribution in [0.25, 0.3) is 11.0 Å². The molecule has 0 bridgehead atoms. The number of alkyl halides is 3. The zero-order chi connectivity index (χ0) is 18.1. The smallest absolute Gasteiger partial charge is 0.371 e. The number of hydrogen-bond acceptors (Lipinski definition) is 3. The highest BCUT2D eigenvalue weighted by Gasteiger charge is 2.32. The predicted octanol–water partition coefficient (Wildman–Crippen LogP) is 3.92. The third-order valence-corrected chi connectivity index (χ3v) is 4.55. The molecule has 26 heavy (non-hydrogen) atoms. The molecule has 7 heteroatoms. The highest BCUT2D eigenvalue weighted by molar-refractivity contribution is 5.77. The number of imidazole rings is 1. The Kier molecular flexibility index (Phi) is 4.42. The molecule has 0 unspecified atom stereocenters. The highest BCUT2D eigenvalue weighted by Crippen LogP contribution is 2.33. The van der Waals surface area contributed by atoms with Gasteiger partial charge in [-0.1, -0.05) is 30.3 Å². The van der Waals surface area contributed by atoms with Crippen molar-refractivity contribution < 1.29 is 17.9 Å². The van der Waals surface area contributed by atoms with Gasteiger partial charge in [-0.3, -0.25) is 0 Å². The van der Waals surface area contributed by atoms with E-state index in [9.17, 15) is 13.2 Å². The van der Waals surface area contributed by atoms with Gasteiger partial charge in [0.25, 0.3) is 0 Å². The summed E-state index contributed by atoms with van der Waals surface area (Å²) in [6.07, 6.45) is -4.37. The molecule has 0 saturated carbocycles. The number of fused-ring (bicyclic) bond motifs is 3. The second-order valence-electron chi connectivity index (χ2n) is 6.38. The van der Waals surface area contributed by atoms with Crippen molar-refractivity contribution in [2.24, 2.45) is 0 Å². The van der Waals surface area contributed by atoms with Crippen LogP contribution in [0.5, 0.6) is 0 Å². The maximum absolute atomic E-state index is 12.9. The molecule has 136 valence electrons. The van der Waals surface area contributed by atoms with Gasteiger partial charge in [0.2, 0.25) is 0 Å². The van der Waals surface area contributed by atoms with Crippen LogP contribution in [0.2, 0.25) is 0 Å². The number of rotatable bonds is 4. The van der Waals surface area contributed by atoms with Crippen molar-refractivity contribution in [2.45, 2.75) is 25.4 Å². The van der Waals surface area contributed by atoms with E-state index in [1.807, 2.05) is 34.9 Å². The maximum Gasteiger partial charge on any atom is 0.416 e. The van der Waals surface area contributed by atoms with Crippen LogP contribution in [-0.4, -0.2) is 22.7 Å². The number of halogens is 3. The third kappa shape index (κ3) is 3.32. The predicted molar refractivity (Wildman–Crippen MR) is 91.6 cm³/mol. The quantitative estimate of drug-likeness (QED) is 0.766. The second kappa shape index (κ2) is 6.74.